The van der Waals surface area contributed by atoms with Crippen LogP contribution < -0.4 is 9.47 Å². The van der Waals surface area contributed by atoms with Gasteiger partial charge in [0.15, 0.2) is 11.5 Å². The van der Waals surface area contributed by atoms with Gasteiger partial charge in [-0.3, -0.25) is 0 Å². The lowest BCUT2D eigenvalue weighted by Crippen LogP contribution is -1.91. The molecule has 0 aliphatic carbocycles. The molecule has 0 atom stereocenters. The minimum Gasteiger partial charge on any atom is -0.507 e. The van der Waals surface area contributed by atoms with Gasteiger partial charge in [-0.1, -0.05) is 36.4 Å². The molecule has 0 aliphatic rings. The van der Waals surface area contributed by atoms with Crippen molar-refractivity contribution in [3.8, 4) is 34.1 Å². The van der Waals surface area contributed by atoms with E-state index in [1.807, 2.05) is 48.5 Å². The first-order valence-electron chi connectivity index (χ1n) is 8.23. The summed E-state index contributed by atoms with van der Waals surface area (Å²) in [5.74, 6) is 1.12. The highest BCUT2D eigenvalue weighted by Gasteiger charge is 2.20. The zero-order valence-corrected chi connectivity index (χ0v) is 14.5. The van der Waals surface area contributed by atoms with Gasteiger partial charge in [-0.2, -0.15) is 0 Å². The van der Waals surface area contributed by atoms with Crippen molar-refractivity contribution in [1.29, 1.82) is 0 Å². The summed E-state index contributed by atoms with van der Waals surface area (Å²) in [5.41, 5.74) is 1.09. The monoisotopic (exact) mass is 346 g/mol. The van der Waals surface area contributed by atoms with Crippen LogP contribution in [0.4, 0.5) is 0 Å². The summed E-state index contributed by atoms with van der Waals surface area (Å²) in [6.45, 7) is 0. The largest absolute Gasteiger partial charge is 0.507 e. The van der Waals surface area contributed by atoms with Gasteiger partial charge in [-0.25, -0.2) is 0 Å². The van der Waals surface area contributed by atoms with Crippen LogP contribution in [0.5, 0.6) is 23.0 Å². The summed E-state index contributed by atoms with van der Waals surface area (Å²) in [6.07, 6.45) is 0. The highest BCUT2D eigenvalue weighted by molar-refractivity contribution is 6.10. The van der Waals surface area contributed by atoms with Gasteiger partial charge in [-0.15, -0.1) is 0 Å². The zero-order valence-electron chi connectivity index (χ0n) is 14.5. The lowest BCUT2D eigenvalue weighted by Gasteiger charge is -2.16. The molecular weight excluding hydrogens is 328 g/mol. The number of ether oxygens (including phenoxy) is 2. The fraction of sp³-hybridized carbons (Fsp3) is 0.0909. The van der Waals surface area contributed by atoms with Gasteiger partial charge in [0.2, 0.25) is 0 Å². The van der Waals surface area contributed by atoms with Crippen LogP contribution >= 0.6 is 0 Å². The molecule has 0 amide bonds. The molecule has 26 heavy (non-hydrogen) atoms. The number of methoxy groups -OCH3 is 2. The fourth-order valence-corrected chi connectivity index (χ4v) is 3.40. The third-order valence-electron chi connectivity index (χ3n) is 4.66. The van der Waals surface area contributed by atoms with Crippen LogP contribution in [0, 0.1) is 0 Å². The minimum atomic E-state index is -0.00294. The molecule has 0 unspecified atom stereocenters. The van der Waals surface area contributed by atoms with Crippen LogP contribution in [0.3, 0.4) is 0 Å². The minimum absolute atomic E-state index is 0.00294. The maximum Gasteiger partial charge on any atom is 0.166 e. The van der Waals surface area contributed by atoms with E-state index >= 15 is 0 Å². The van der Waals surface area contributed by atoms with Gasteiger partial charge >= 0.3 is 0 Å². The van der Waals surface area contributed by atoms with Crippen LogP contribution in [-0.4, -0.2) is 24.4 Å². The first kappa shape index (κ1) is 16.1. The Morgan fingerprint density at radius 1 is 0.692 bits per heavy atom. The summed E-state index contributed by atoms with van der Waals surface area (Å²) >= 11 is 0. The molecule has 4 aromatic rings. The Hall–Kier alpha value is -3.40. The first-order valence-corrected chi connectivity index (χ1v) is 8.23. The van der Waals surface area contributed by atoms with Crippen LogP contribution in [0.25, 0.3) is 32.7 Å². The number of hydrogen-bond acceptors (Lipinski definition) is 4. The number of hydrogen-bond donors (Lipinski definition) is 2. The highest BCUT2D eigenvalue weighted by atomic mass is 16.5. The van der Waals surface area contributed by atoms with Crippen molar-refractivity contribution in [3.05, 3.63) is 60.7 Å². The van der Waals surface area contributed by atoms with Gasteiger partial charge in [0.25, 0.3) is 0 Å². The van der Waals surface area contributed by atoms with Crippen molar-refractivity contribution >= 4 is 21.5 Å². The second-order valence-electron chi connectivity index (χ2n) is 6.07. The molecule has 4 heteroatoms. The third-order valence-corrected chi connectivity index (χ3v) is 4.66. The zero-order chi connectivity index (χ0) is 18.3. The van der Waals surface area contributed by atoms with Crippen LogP contribution in [-0.2, 0) is 0 Å². The van der Waals surface area contributed by atoms with E-state index < -0.39 is 0 Å². The Morgan fingerprint density at radius 3 is 2.23 bits per heavy atom. The number of phenolic OH excluding ortho intramolecular Hbond substituents is 2. The lowest BCUT2D eigenvalue weighted by molar-refractivity contribution is 0.375. The molecule has 0 fully saturated rings. The summed E-state index contributed by atoms with van der Waals surface area (Å²) in [4.78, 5) is 0. The van der Waals surface area contributed by atoms with E-state index in [1.165, 1.54) is 7.11 Å². The second kappa shape index (κ2) is 6.15. The Kier molecular flexibility index (Phi) is 3.81. The summed E-state index contributed by atoms with van der Waals surface area (Å²) < 4.78 is 10.7. The van der Waals surface area contributed by atoms with Crippen molar-refractivity contribution in [3.63, 3.8) is 0 Å². The third kappa shape index (κ3) is 2.39. The molecule has 0 aromatic heterocycles. The van der Waals surface area contributed by atoms with E-state index in [-0.39, 0.29) is 11.5 Å². The highest BCUT2D eigenvalue weighted by Crippen LogP contribution is 2.48. The molecule has 4 nitrogen and oxygen atoms in total. The number of fused-ring (bicyclic) bond motifs is 2. The molecule has 0 bridgehead atoms. The molecule has 4 aromatic carbocycles. The molecule has 0 spiro atoms. The predicted octanol–water partition coefficient (Wildman–Crippen LogP) is 5.09. The van der Waals surface area contributed by atoms with Gasteiger partial charge in [0, 0.05) is 11.1 Å². The standard InChI is InChI=1S/C22H18O4/c1-25-15-9-7-13-8-10-18(23)20(17(13)12-15)21-16-6-4-3-5-14(16)11-19(26-2)22(21)24/h3-12,23-24H,1-2H3. The first-order chi connectivity index (χ1) is 12.6. The van der Waals surface area contributed by atoms with Crippen LogP contribution in [0.15, 0.2) is 60.7 Å². The maximum absolute atomic E-state index is 10.9. The second-order valence-corrected chi connectivity index (χ2v) is 6.07. The molecule has 0 radical (unpaired) electrons. The predicted molar refractivity (Wildman–Crippen MR) is 103 cm³/mol. The lowest BCUT2D eigenvalue weighted by atomic mass is 9.92. The van der Waals surface area contributed by atoms with Crippen molar-refractivity contribution in [2.24, 2.45) is 0 Å². The quantitative estimate of drug-likeness (QED) is 0.542. The number of aromatic hydroxyl groups is 2. The van der Waals surface area contributed by atoms with Gasteiger partial charge in [0.05, 0.1) is 14.2 Å². The molecule has 0 saturated heterocycles. The molecule has 4 rings (SSSR count). The van der Waals surface area contributed by atoms with E-state index in [4.69, 9.17) is 9.47 Å². The van der Waals surface area contributed by atoms with Crippen molar-refractivity contribution in [2.45, 2.75) is 0 Å². The van der Waals surface area contributed by atoms with E-state index in [0.29, 0.717) is 22.6 Å². The van der Waals surface area contributed by atoms with Gasteiger partial charge in [-0.05, 0) is 45.8 Å². The Labute approximate surface area is 150 Å². The van der Waals surface area contributed by atoms with Crippen LogP contribution in [0.1, 0.15) is 0 Å². The molecule has 0 heterocycles. The SMILES string of the molecule is COc1ccc2ccc(O)c(-c3c(O)c(OC)cc4ccccc34)c2c1. The van der Waals surface area contributed by atoms with Crippen LogP contribution in [0.2, 0.25) is 0 Å². The van der Waals surface area contributed by atoms with E-state index in [0.717, 1.165) is 21.5 Å². The fourth-order valence-electron chi connectivity index (χ4n) is 3.40. The van der Waals surface area contributed by atoms with Gasteiger partial charge in [0.1, 0.15) is 11.5 Å². The normalized spacial score (nSPS) is 11.0. The summed E-state index contributed by atoms with van der Waals surface area (Å²) in [5, 5.41) is 25.0. The maximum atomic E-state index is 10.9. The average Bonchev–Trinajstić information content (AvgIpc) is 2.68. The van der Waals surface area contributed by atoms with Crippen molar-refractivity contribution in [2.75, 3.05) is 14.2 Å². The van der Waals surface area contributed by atoms with Gasteiger partial charge < -0.3 is 19.7 Å². The summed E-state index contributed by atoms with van der Waals surface area (Å²) in [7, 11) is 3.11. The summed E-state index contributed by atoms with van der Waals surface area (Å²) in [6, 6.07) is 18.6. The van der Waals surface area contributed by atoms with Crippen molar-refractivity contribution in [1.82, 2.24) is 0 Å². The molecule has 2 N–H and O–H groups in total. The Bertz CT molecular complexity index is 1130. The molecule has 130 valence electrons. The number of benzene rings is 4. The number of rotatable bonds is 3. The topological polar surface area (TPSA) is 58.9 Å². The molecule has 0 saturated carbocycles. The number of phenols is 2. The Morgan fingerprint density at radius 2 is 1.46 bits per heavy atom. The van der Waals surface area contributed by atoms with Crippen molar-refractivity contribution < 1.29 is 19.7 Å². The Balaban J connectivity index is 2.20. The smallest absolute Gasteiger partial charge is 0.166 e. The van der Waals surface area contributed by atoms with E-state index in [9.17, 15) is 10.2 Å². The van der Waals surface area contributed by atoms with E-state index in [1.54, 1.807) is 19.2 Å². The molecule has 0 aliphatic heterocycles. The average molecular weight is 346 g/mol. The molecular formula is C22H18O4. The van der Waals surface area contributed by atoms with E-state index in [2.05, 4.69) is 0 Å².